The molecule has 0 radical (unpaired) electrons. The predicted molar refractivity (Wildman–Crippen MR) is 78.3 cm³/mol. The smallest absolute Gasteiger partial charge is 0.255 e. The van der Waals surface area contributed by atoms with Crippen molar-refractivity contribution in [1.29, 1.82) is 5.26 Å². The molecule has 3 rings (SSSR count). The third-order valence-corrected chi connectivity index (χ3v) is 3.68. The molecule has 7 nitrogen and oxygen atoms in total. The van der Waals surface area contributed by atoms with E-state index in [1.165, 1.54) is 6.20 Å². The molecule has 114 valence electrons. The van der Waals surface area contributed by atoms with Crippen molar-refractivity contribution in [2.75, 3.05) is 11.9 Å². The molecule has 1 aliphatic rings. The zero-order chi connectivity index (χ0) is 15.5. The fourth-order valence-corrected chi connectivity index (χ4v) is 2.55. The normalized spacial score (nSPS) is 20.8. The molecular formula is C14H14ClN5O2. The number of ether oxygens (including phenoxy) is 1. The Labute approximate surface area is 132 Å². The van der Waals surface area contributed by atoms with Crippen LogP contribution < -0.4 is 5.32 Å². The molecule has 0 spiro atoms. The van der Waals surface area contributed by atoms with Crippen LogP contribution in [0.2, 0.25) is 5.02 Å². The Hall–Kier alpha value is -2.17. The lowest BCUT2D eigenvalue weighted by Crippen LogP contribution is -2.19. The number of aryl methyl sites for hydroxylation is 1. The standard InChI is InChI=1S/C14H14ClN5O2/c1-8-19-14(22-20-8)12-3-2-10(21-12)7-18-13-11(15)4-9(5-16)6-17-13/h4,6,10,12H,2-3,7H2,1H3,(H,17,18)/t10-,12+/m1/s1. The third-order valence-electron chi connectivity index (χ3n) is 3.39. The van der Waals surface area contributed by atoms with Crippen molar-refractivity contribution in [3.05, 3.63) is 34.6 Å². The molecule has 0 unspecified atom stereocenters. The van der Waals surface area contributed by atoms with Crippen LogP contribution in [0, 0.1) is 18.3 Å². The first-order chi connectivity index (χ1) is 10.7. The van der Waals surface area contributed by atoms with Crippen LogP contribution in [0.15, 0.2) is 16.8 Å². The Morgan fingerprint density at radius 1 is 1.50 bits per heavy atom. The van der Waals surface area contributed by atoms with Gasteiger partial charge < -0.3 is 14.6 Å². The summed E-state index contributed by atoms with van der Waals surface area (Å²) in [5, 5.41) is 16.1. The van der Waals surface area contributed by atoms with Gasteiger partial charge in [0.2, 0.25) is 0 Å². The first-order valence-electron chi connectivity index (χ1n) is 6.91. The first kappa shape index (κ1) is 14.8. The van der Waals surface area contributed by atoms with E-state index in [-0.39, 0.29) is 12.2 Å². The maximum absolute atomic E-state index is 8.79. The molecule has 2 atom stereocenters. The number of aromatic nitrogens is 3. The molecule has 1 fully saturated rings. The molecule has 1 aliphatic heterocycles. The van der Waals surface area contributed by atoms with Crippen LogP contribution in [0.25, 0.3) is 0 Å². The van der Waals surface area contributed by atoms with Crippen LogP contribution in [-0.2, 0) is 4.74 Å². The second kappa shape index (κ2) is 6.30. The van der Waals surface area contributed by atoms with E-state index in [1.807, 2.05) is 6.07 Å². The van der Waals surface area contributed by atoms with Crippen molar-refractivity contribution in [3.8, 4) is 6.07 Å². The molecule has 3 heterocycles. The minimum atomic E-state index is -0.155. The van der Waals surface area contributed by atoms with Crippen molar-refractivity contribution in [2.45, 2.75) is 32.0 Å². The van der Waals surface area contributed by atoms with Crippen LogP contribution in [0.1, 0.15) is 36.2 Å². The van der Waals surface area contributed by atoms with E-state index in [0.29, 0.717) is 34.7 Å². The number of hydrogen-bond donors (Lipinski definition) is 1. The predicted octanol–water partition coefficient (Wildman–Crippen LogP) is 2.63. The van der Waals surface area contributed by atoms with Crippen LogP contribution in [0.5, 0.6) is 0 Å². The first-order valence-corrected chi connectivity index (χ1v) is 7.28. The van der Waals surface area contributed by atoms with Crippen molar-refractivity contribution in [3.63, 3.8) is 0 Å². The van der Waals surface area contributed by atoms with Gasteiger partial charge in [-0.2, -0.15) is 10.2 Å². The lowest BCUT2D eigenvalue weighted by atomic mass is 10.2. The van der Waals surface area contributed by atoms with Gasteiger partial charge >= 0.3 is 0 Å². The minimum Gasteiger partial charge on any atom is -0.366 e. The number of nitrogens with zero attached hydrogens (tertiary/aromatic N) is 4. The molecule has 2 aromatic rings. The number of anilines is 1. The van der Waals surface area contributed by atoms with Crippen molar-refractivity contribution in [2.24, 2.45) is 0 Å². The molecule has 1 N–H and O–H groups in total. The zero-order valence-electron chi connectivity index (χ0n) is 11.9. The molecular weight excluding hydrogens is 306 g/mol. The molecule has 0 bridgehead atoms. The van der Waals surface area contributed by atoms with Crippen molar-refractivity contribution in [1.82, 2.24) is 15.1 Å². The summed E-state index contributed by atoms with van der Waals surface area (Å²) in [6.45, 7) is 2.35. The third kappa shape index (κ3) is 3.18. The molecule has 0 aliphatic carbocycles. The second-order valence-corrected chi connectivity index (χ2v) is 5.46. The van der Waals surface area contributed by atoms with E-state index >= 15 is 0 Å². The van der Waals surface area contributed by atoms with Gasteiger partial charge in [0, 0.05) is 12.7 Å². The van der Waals surface area contributed by atoms with Crippen LogP contribution in [0.3, 0.4) is 0 Å². The number of nitriles is 1. The van der Waals surface area contributed by atoms with E-state index in [0.717, 1.165) is 12.8 Å². The fourth-order valence-electron chi connectivity index (χ4n) is 2.32. The summed E-state index contributed by atoms with van der Waals surface area (Å²) in [5.41, 5.74) is 0.430. The molecule has 2 aromatic heterocycles. The van der Waals surface area contributed by atoms with Crippen molar-refractivity contribution < 1.29 is 9.26 Å². The van der Waals surface area contributed by atoms with Crippen molar-refractivity contribution >= 4 is 17.4 Å². The van der Waals surface area contributed by atoms with E-state index in [9.17, 15) is 0 Å². The van der Waals surface area contributed by atoms with Gasteiger partial charge in [0.05, 0.1) is 16.7 Å². The summed E-state index contributed by atoms with van der Waals surface area (Å²) in [6.07, 6.45) is 3.06. The Morgan fingerprint density at radius 3 is 3.05 bits per heavy atom. The average molecular weight is 320 g/mol. The average Bonchev–Trinajstić information content (AvgIpc) is 3.14. The highest BCUT2D eigenvalue weighted by molar-refractivity contribution is 6.33. The molecule has 0 aromatic carbocycles. The zero-order valence-corrected chi connectivity index (χ0v) is 12.7. The van der Waals surface area contributed by atoms with Crippen LogP contribution >= 0.6 is 11.6 Å². The van der Waals surface area contributed by atoms with E-state index in [1.54, 1.807) is 13.0 Å². The Morgan fingerprint density at radius 2 is 2.36 bits per heavy atom. The van der Waals surface area contributed by atoms with Gasteiger partial charge in [-0.15, -0.1) is 0 Å². The molecule has 0 amide bonds. The second-order valence-electron chi connectivity index (χ2n) is 5.05. The number of hydrogen-bond acceptors (Lipinski definition) is 7. The largest absolute Gasteiger partial charge is 0.366 e. The highest BCUT2D eigenvalue weighted by atomic mass is 35.5. The van der Waals surface area contributed by atoms with Crippen LogP contribution in [0.4, 0.5) is 5.82 Å². The van der Waals surface area contributed by atoms with Gasteiger partial charge in [-0.05, 0) is 25.8 Å². The lowest BCUT2D eigenvalue weighted by molar-refractivity contribution is 0.0326. The molecule has 0 saturated carbocycles. The molecule has 1 saturated heterocycles. The van der Waals surface area contributed by atoms with Gasteiger partial charge in [0.25, 0.3) is 5.89 Å². The topological polar surface area (TPSA) is 96.9 Å². The quantitative estimate of drug-likeness (QED) is 0.925. The number of nitrogens with one attached hydrogen (secondary N) is 1. The van der Waals surface area contributed by atoms with Crippen LogP contribution in [-0.4, -0.2) is 27.8 Å². The molecule has 8 heteroatoms. The van der Waals surface area contributed by atoms with E-state index in [2.05, 4.69) is 20.4 Å². The van der Waals surface area contributed by atoms with E-state index < -0.39 is 0 Å². The highest BCUT2D eigenvalue weighted by Crippen LogP contribution is 2.32. The maximum Gasteiger partial charge on any atom is 0.255 e. The maximum atomic E-state index is 8.79. The fraction of sp³-hybridized carbons (Fsp3) is 0.429. The summed E-state index contributed by atoms with van der Waals surface area (Å²) in [7, 11) is 0. The summed E-state index contributed by atoms with van der Waals surface area (Å²) >= 11 is 6.07. The van der Waals surface area contributed by atoms with Gasteiger partial charge in [0.15, 0.2) is 5.82 Å². The highest BCUT2D eigenvalue weighted by Gasteiger charge is 2.30. The van der Waals surface area contributed by atoms with Gasteiger partial charge in [0.1, 0.15) is 18.0 Å². The lowest BCUT2D eigenvalue weighted by Gasteiger charge is -2.13. The molecule has 22 heavy (non-hydrogen) atoms. The summed E-state index contributed by atoms with van der Waals surface area (Å²) < 4.78 is 11.0. The number of halogens is 1. The summed E-state index contributed by atoms with van der Waals surface area (Å²) in [4.78, 5) is 8.32. The number of pyridine rings is 1. The van der Waals surface area contributed by atoms with E-state index in [4.69, 9.17) is 26.1 Å². The van der Waals surface area contributed by atoms with Gasteiger partial charge in [-0.1, -0.05) is 16.8 Å². The van der Waals surface area contributed by atoms with Gasteiger partial charge in [-0.25, -0.2) is 4.98 Å². The Bertz CT molecular complexity index is 711. The van der Waals surface area contributed by atoms with Gasteiger partial charge in [-0.3, -0.25) is 0 Å². The Kier molecular flexibility index (Phi) is 4.22. The number of rotatable bonds is 4. The Balaban J connectivity index is 1.56. The monoisotopic (exact) mass is 319 g/mol. The summed E-state index contributed by atoms with van der Waals surface area (Å²) in [5.74, 6) is 1.67. The SMILES string of the molecule is Cc1noc([C@@H]2CC[C@H](CNc3ncc(C#N)cc3Cl)O2)n1. The summed E-state index contributed by atoms with van der Waals surface area (Å²) in [6, 6.07) is 3.58. The minimum absolute atomic E-state index is 0.0192.